The predicted octanol–water partition coefficient (Wildman–Crippen LogP) is 3.88. The number of aromatic nitrogens is 3. The molecule has 112 valence electrons. The Kier molecular flexibility index (Phi) is 3.91. The molecule has 2 heterocycles. The van der Waals surface area contributed by atoms with Gasteiger partial charge in [-0.25, -0.2) is 18.7 Å². The Labute approximate surface area is 126 Å². The topological polar surface area (TPSA) is 50.7 Å². The Morgan fingerprint density at radius 1 is 1.14 bits per heavy atom. The second-order valence-corrected chi connectivity index (χ2v) is 4.90. The van der Waals surface area contributed by atoms with Gasteiger partial charge in [0.1, 0.15) is 5.82 Å². The minimum Gasteiger partial charge on any atom is -0.365 e. The van der Waals surface area contributed by atoms with Crippen molar-refractivity contribution in [3.05, 3.63) is 59.7 Å². The maximum Gasteiger partial charge on any atom is 0.297 e. The number of nitrogens with one attached hydrogen (secondary N) is 1. The van der Waals surface area contributed by atoms with Gasteiger partial charge in [-0.2, -0.15) is 0 Å². The van der Waals surface area contributed by atoms with Crippen LogP contribution in [0.4, 0.5) is 14.6 Å². The highest BCUT2D eigenvalue weighted by atomic mass is 19.3. The Morgan fingerprint density at radius 3 is 2.73 bits per heavy atom. The lowest BCUT2D eigenvalue weighted by atomic mass is 10.1. The summed E-state index contributed by atoms with van der Waals surface area (Å²) >= 11 is 0. The minimum absolute atomic E-state index is 0.414. The van der Waals surface area contributed by atoms with Gasteiger partial charge in [0.2, 0.25) is 0 Å². The van der Waals surface area contributed by atoms with Crippen molar-refractivity contribution in [3.8, 4) is 0 Å². The van der Waals surface area contributed by atoms with Gasteiger partial charge >= 0.3 is 0 Å². The normalized spacial score (nSPS) is 11.1. The monoisotopic (exact) mass is 300 g/mol. The highest BCUT2D eigenvalue weighted by molar-refractivity contribution is 5.89. The third-order valence-corrected chi connectivity index (χ3v) is 3.40. The first-order chi connectivity index (χ1) is 10.6. The maximum absolute atomic E-state index is 12.9. The lowest BCUT2D eigenvalue weighted by molar-refractivity contribution is 0.141. The van der Waals surface area contributed by atoms with Crippen LogP contribution < -0.4 is 5.32 Å². The van der Waals surface area contributed by atoms with Gasteiger partial charge in [-0.15, -0.1) is 0 Å². The van der Waals surface area contributed by atoms with Gasteiger partial charge in [0.25, 0.3) is 6.43 Å². The highest BCUT2D eigenvalue weighted by Gasteiger charge is 2.15. The van der Waals surface area contributed by atoms with E-state index in [1.165, 1.54) is 0 Å². The van der Waals surface area contributed by atoms with Crippen molar-refractivity contribution in [2.24, 2.45) is 0 Å². The largest absolute Gasteiger partial charge is 0.365 e. The Hall–Kier alpha value is -2.63. The van der Waals surface area contributed by atoms with Gasteiger partial charge in [0.15, 0.2) is 5.82 Å². The molecule has 0 unspecified atom stereocenters. The summed E-state index contributed by atoms with van der Waals surface area (Å²) in [5.74, 6) is -0.0511. The van der Waals surface area contributed by atoms with Gasteiger partial charge in [-0.3, -0.25) is 4.98 Å². The third-order valence-electron chi connectivity index (χ3n) is 3.40. The van der Waals surface area contributed by atoms with Crippen LogP contribution in [-0.4, -0.2) is 15.0 Å². The molecule has 0 atom stereocenters. The van der Waals surface area contributed by atoms with Gasteiger partial charge in [-0.1, -0.05) is 12.1 Å². The van der Waals surface area contributed by atoms with Crippen molar-refractivity contribution in [2.75, 3.05) is 5.32 Å². The number of rotatable bonds is 4. The molecule has 0 fully saturated rings. The minimum atomic E-state index is -2.70. The predicted molar refractivity (Wildman–Crippen MR) is 80.8 cm³/mol. The number of fused-ring (bicyclic) bond motifs is 1. The van der Waals surface area contributed by atoms with Crippen molar-refractivity contribution >= 4 is 16.7 Å². The van der Waals surface area contributed by atoms with Crippen LogP contribution in [0, 0.1) is 6.92 Å². The van der Waals surface area contributed by atoms with Crippen LogP contribution in [0.2, 0.25) is 0 Å². The molecule has 3 rings (SSSR count). The number of hydrogen-bond acceptors (Lipinski definition) is 4. The zero-order valence-corrected chi connectivity index (χ0v) is 11.9. The van der Waals surface area contributed by atoms with Gasteiger partial charge < -0.3 is 5.32 Å². The number of aryl methyl sites for hydroxylation is 1. The first-order valence-electron chi connectivity index (χ1n) is 6.83. The number of halogens is 2. The quantitative estimate of drug-likeness (QED) is 0.794. The molecule has 0 saturated heterocycles. The molecule has 0 aliphatic heterocycles. The summed E-state index contributed by atoms with van der Waals surface area (Å²) < 4.78 is 25.9. The second-order valence-electron chi connectivity index (χ2n) is 4.90. The molecule has 0 amide bonds. The zero-order chi connectivity index (χ0) is 15.5. The molecule has 6 heteroatoms. The molecule has 0 spiro atoms. The lowest BCUT2D eigenvalue weighted by Gasteiger charge is -2.11. The third kappa shape index (κ3) is 2.86. The standard InChI is InChI=1S/C16H14F2N4/c1-10-8-19-7-6-11(10)9-20-15-12-4-2-3-5-13(12)21-16(22-15)14(17)18/h2-8,14H,9H2,1H3,(H,20,21,22). The van der Waals surface area contributed by atoms with E-state index in [4.69, 9.17) is 0 Å². The van der Waals surface area contributed by atoms with E-state index < -0.39 is 12.2 Å². The molecule has 4 nitrogen and oxygen atoms in total. The number of alkyl halides is 2. The van der Waals surface area contributed by atoms with Crippen molar-refractivity contribution in [2.45, 2.75) is 19.9 Å². The number of pyridine rings is 1. The summed E-state index contributed by atoms with van der Waals surface area (Å²) in [6, 6.07) is 9.00. The van der Waals surface area contributed by atoms with Crippen molar-refractivity contribution in [3.63, 3.8) is 0 Å². The maximum atomic E-state index is 12.9. The number of anilines is 1. The average molecular weight is 300 g/mol. The summed E-state index contributed by atoms with van der Waals surface area (Å²) in [7, 11) is 0. The molecule has 3 aromatic rings. The van der Waals surface area contributed by atoms with E-state index in [1.54, 1.807) is 24.5 Å². The molecule has 2 aromatic heterocycles. The molecular formula is C16H14F2N4. The number of hydrogen-bond donors (Lipinski definition) is 1. The van der Waals surface area contributed by atoms with Crippen LogP contribution >= 0.6 is 0 Å². The molecule has 0 bridgehead atoms. The van der Waals surface area contributed by atoms with E-state index in [0.717, 1.165) is 16.5 Å². The summed E-state index contributed by atoms with van der Waals surface area (Å²) in [4.78, 5) is 11.9. The van der Waals surface area contributed by atoms with Gasteiger partial charge in [0, 0.05) is 24.3 Å². The van der Waals surface area contributed by atoms with E-state index in [0.29, 0.717) is 17.9 Å². The number of nitrogens with zero attached hydrogens (tertiary/aromatic N) is 3. The fraction of sp³-hybridized carbons (Fsp3) is 0.188. The SMILES string of the molecule is Cc1cnccc1CNc1nc(C(F)F)nc2ccccc12. The Morgan fingerprint density at radius 2 is 1.95 bits per heavy atom. The molecule has 1 aromatic carbocycles. The summed E-state index contributed by atoms with van der Waals surface area (Å²) in [6.07, 6.45) is 0.764. The van der Waals surface area contributed by atoms with Crippen molar-refractivity contribution < 1.29 is 8.78 Å². The summed E-state index contributed by atoms with van der Waals surface area (Å²) in [6.45, 7) is 2.44. The van der Waals surface area contributed by atoms with Crippen LogP contribution in [0.15, 0.2) is 42.7 Å². The van der Waals surface area contributed by atoms with E-state index in [9.17, 15) is 8.78 Å². The van der Waals surface area contributed by atoms with Crippen LogP contribution in [0.3, 0.4) is 0 Å². The fourth-order valence-electron chi connectivity index (χ4n) is 2.21. The first kappa shape index (κ1) is 14.3. The molecule has 0 radical (unpaired) electrons. The van der Waals surface area contributed by atoms with Crippen LogP contribution in [0.5, 0.6) is 0 Å². The fourth-order valence-corrected chi connectivity index (χ4v) is 2.21. The average Bonchev–Trinajstić information content (AvgIpc) is 2.53. The zero-order valence-electron chi connectivity index (χ0n) is 11.9. The second kappa shape index (κ2) is 6.01. The van der Waals surface area contributed by atoms with Gasteiger partial charge in [0.05, 0.1) is 5.52 Å². The highest BCUT2D eigenvalue weighted by Crippen LogP contribution is 2.24. The van der Waals surface area contributed by atoms with E-state index in [1.807, 2.05) is 25.1 Å². The molecule has 0 aliphatic carbocycles. The molecule has 1 N–H and O–H groups in total. The molecule has 0 saturated carbocycles. The van der Waals surface area contributed by atoms with Crippen molar-refractivity contribution in [1.82, 2.24) is 15.0 Å². The van der Waals surface area contributed by atoms with Gasteiger partial charge in [-0.05, 0) is 36.2 Å². The van der Waals surface area contributed by atoms with Crippen LogP contribution in [0.25, 0.3) is 10.9 Å². The molecule has 0 aliphatic rings. The first-order valence-corrected chi connectivity index (χ1v) is 6.83. The number of benzene rings is 1. The van der Waals surface area contributed by atoms with Crippen molar-refractivity contribution in [1.29, 1.82) is 0 Å². The van der Waals surface area contributed by atoms with Crippen LogP contribution in [-0.2, 0) is 6.54 Å². The Bertz CT molecular complexity index is 805. The smallest absolute Gasteiger partial charge is 0.297 e. The summed E-state index contributed by atoms with van der Waals surface area (Å²) in [5, 5.41) is 3.85. The van der Waals surface area contributed by atoms with E-state index >= 15 is 0 Å². The van der Waals surface area contributed by atoms with E-state index in [-0.39, 0.29) is 0 Å². The van der Waals surface area contributed by atoms with Crippen LogP contribution in [0.1, 0.15) is 23.4 Å². The Balaban J connectivity index is 1.97. The lowest BCUT2D eigenvalue weighted by Crippen LogP contribution is -2.07. The molecular weight excluding hydrogens is 286 g/mol. The molecule has 22 heavy (non-hydrogen) atoms. The number of para-hydroxylation sites is 1. The van der Waals surface area contributed by atoms with E-state index in [2.05, 4.69) is 20.3 Å². The summed E-state index contributed by atoms with van der Waals surface area (Å²) in [5.41, 5.74) is 2.57.